The van der Waals surface area contributed by atoms with Crippen LogP contribution in [0.15, 0.2) is 10.8 Å². The molecule has 4 nitrogen and oxygen atoms in total. The van der Waals surface area contributed by atoms with Gasteiger partial charge in [0.15, 0.2) is 5.82 Å². The minimum Gasteiger partial charge on any atom is -0.362 e. The van der Waals surface area contributed by atoms with Crippen molar-refractivity contribution in [1.29, 1.82) is 0 Å². The number of amides is 1. The van der Waals surface area contributed by atoms with E-state index in [0.29, 0.717) is 11.7 Å². The first-order valence-corrected chi connectivity index (χ1v) is 5.15. The van der Waals surface area contributed by atoms with E-state index >= 15 is 0 Å². The van der Waals surface area contributed by atoms with Gasteiger partial charge in [0.2, 0.25) is 5.91 Å². The predicted octanol–water partition coefficient (Wildman–Crippen LogP) is 2.12. The van der Waals surface area contributed by atoms with Crippen LogP contribution in [-0.2, 0) is 4.79 Å². The summed E-state index contributed by atoms with van der Waals surface area (Å²) < 4.78 is 4.84. The molecule has 1 aromatic rings. The number of aromatic nitrogens is 1. The third-order valence-corrected chi connectivity index (χ3v) is 2.76. The molecule has 1 N–H and O–H groups in total. The van der Waals surface area contributed by atoms with Gasteiger partial charge >= 0.3 is 0 Å². The summed E-state index contributed by atoms with van der Waals surface area (Å²) in [6, 6.07) is 0. The molecule has 76 valence electrons. The Balaban J connectivity index is 2.08. The molecule has 1 fully saturated rings. The standard InChI is InChI=1S/C9H11ClN2O2/c10-4-8(13)11-9-7(5-14-12-9)6-2-1-3-6/h5-6H,1-4H2,(H,11,12,13). The highest BCUT2D eigenvalue weighted by Crippen LogP contribution is 2.39. The summed E-state index contributed by atoms with van der Waals surface area (Å²) in [6.45, 7) is 0. The summed E-state index contributed by atoms with van der Waals surface area (Å²) in [5.41, 5.74) is 0.995. The number of hydrogen-bond acceptors (Lipinski definition) is 3. The second kappa shape index (κ2) is 4.00. The van der Waals surface area contributed by atoms with Gasteiger partial charge in [-0.2, -0.15) is 0 Å². The minimum absolute atomic E-state index is 0.0586. The van der Waals surface area contributed by atoms with Crippen LogP contribution >= 0.6 is 11.6 Å². The van der Waals surface area contributed by atoms with Crippen molar-refractivity contribution in [3.8, 4) is 0 Å². The van der Waals surface area contributed by atoms with Crippen molar-refractivity contribution < 1.29 is 9.32 Å². The molecule has 2 rings (SSSR count). The van der Waals surface area contributed by atoms with E-state index in [0.717, 1.165) is 18.4 Å². The lowest BCUT2D eigenvalue weighted by molar-refractivity contribution is -0.114. The molecular weight excluding hydrogens is 204 g/mol. The van der Waals surface area contributed by atoms with E-state index in [-0.39, 0.29) is 11.8 Å². The zero-order valence-electron chi connectivity index (χ0n) is 7.62. The third-order valence-electron chi connectivity index (χ3n) is 2.52. The Morgan fingerprint density at radius 2 is 2.50 bits per heavy atom. The van der Waals surface area contributed by atoms with Crippen molar-refractivity contribution in [2.45, 2.75) is 25.2 Å². The average molecular weight is 215 g/mol. The van der Waals surface area contributed by atoms with Crippen LogP contribution in [0.25, 0.3) is 0 Å². The number of nitrogens with zero attached hydrogens (tertiary/aromatic N) is 1. The maximum absolute atomic E-state index is 11.0. The monoisotopic (exact) mass is 214 g/mol. The summed E-state index contributed by atoms with van der Waals surface area (Å²) in [5, 5.41) is 6.36. The molecule has 0 unspecified atom stereocenters. The van der Waals surface area contributed by atoms with Crippen molar-refractivity contribution in [2.24, 2.45) is 0 Å². The first-order chi connectivity index (χ1) is 6.81. The van der Waals surface area contributed by atoms with E-state index in [1.54, 1.807) is 6.26 Å². The number of hydrogen-bond donors (Lipinski definition) is 1. The topological polar surface area (TPSA) is 55.1 Å². The number of nitrogens with one attached hydrogen (secondary N) is 1. The van der Waals surface area contributed by atoms with Gasteiger partial charge in [-0.15, -0.1) is 11.6 Å². The van der Waals surface area contributed by atoms with Crippen LogP contribution in [-0.4, -0.2) is 16.9 Å². The Hall–Kier alpha value is -1.03. The number of rotatable bonds is 3. The highest BCUT2D eigenvalue weighted by Gasteiger charge is 2.25. The molecule has 1 saturated carbocycles. The molecule has 0 bridgehead atoms. The molecule has 1 aromatic heterocycles. The molecular formula is C9H11ClN2O2. The molecule has 1 heterocycles. The Kier molecular flexibility index (Phi) is 2.72. The van der Waals surface area contributed by atoms with E-state index in [2.05, 4.69) is 10.5 Å². The molecule has 5 heteroatoms. The SMILES string of the molecule is O=C(CCl)Nc1nocc1C1CCC1. The quantitative estimate of drug-likeness (QED) is 0.785. The van der Waals surface area contributed by atoms with E-state index in [4.69, 9.17) is 16.1 Å². The summed E-state index contributed by atoms with van der Waals surface area (Å²) in [7, 11) is 0. The van der Waals surface area contributed by atoms with Gasteiger partial charge in [0.1, 0.15) is 12.1 Å². The molecule has 0 aromatic carbocycles. The Labute approximate surface area is 86.6 Å². The van der Waals surface area contributed by atoms with Crippen LogP contribution in [0.5, 0.6) is 0 Å². The van der Waals surface area contributed by atoms with Crippen LogP contribution in [0.2, 0.25) is 0 Å². The molecule has 14 heavy (non-hydrogen) atoms. The van der Waals surface area contributed by atoms with Gasteiger partial charge in [-0.3, -0.25) is 4.79 Å². The fourth-order valence-electron chi connectivity index (χ4n) is 1.51. The number of carbonyl (C=O) groups excluding carboxylic acids is 1. The van der Waals surface area contributed by atoms with Crippen LogP contribution in [0.3, 0.4) is 0 Å². The molecule has 1 amide bonds. The second-order valence-corrected chi connectivity index (χ2v) is 3.70. The normalized spacial score (nSPS) is 16.4. The van der Waals surface area contributed by atoms with E-state index in [1.807, 2.05) is 0 Å². The van der Waals surface area contributed by atoms with Crippen molar-refractivity contribution in [2.75, 3.05) is 11.2 Å². The Morgan fingerprint density at radius 1 is 1.71 bits per heavy atom. The summed E-state index contributed by atoms with van der Waals surface area (Å²) >= 11 is 5.38. The van der Waals surface area contributed by atoms with Gasteiger partial charge < -0.3 is 9.84 Å². The minimum atomic E-state index is -0.249. The average Bonchev–Trinajstić information content (AvgIpc) is 2.50. The van der Waals surface area contributed by atoms with Gasteiger partial charge in [-0.1, -0.05) is 11.6 Å². The largest absolute Gasteiger partial charge is 0.362 e. The Morgan fingerprint density at radius 3 is 3.07 bits per heavy atom. The fraction of sp³-hybridized carbons (Fsp3) is 0.556. The van der Waals surface area contributed by atoms with E-state index in [1.165, 1.54) is 6.42 Å². The predicted molar refractivity (Wildman–Crippen MR) is 52.4 cm³/mol. The van der Waals surface area contributed by atoms with Crippen molar-refractivity contribution in [1.82, 2.24) is 5.16 Å². The lowest BCUT2D eigenvalue weighted by Crippen LogP contribution is -2.16. The van der Waals surface area contributed by atoms with Crippen LogP contribution in [0, 0.1) is 0 Å². The highest BCUT2D eigenvalue weighted by atomic mass is 35.5. The van der Waals surface area contributed by atoms with Gasteiger partial charge in [0, 0.05) is 5.56 Å². The fourth-order valence-corrected chi connectivity index (χ4v) is 1.58. The van der Waals surface area contributed by atoms with Gasteiger partial charge in [0.05, 0.1) is 0 Å². The van der Waals surface area contributed by atoms with Gasteiger partial charge in [-0.05, 0) is 18.8 Å². The molecule has 0 atom stereocenters. The Bertz CT molecular complexity index is 333. The van der Waals surface area contributed by atoms with Crippen LogP contribution < -0.4 is 5.32 Å². The maximum Gasteiger partial charge on any atom is 0.240 e. The number of anilines is 1. The smallest absolute Gasteiger partial charge is 0.240 e. The van der Waals surface area contributed by atoms with Gasteiger partial charge in [-0.25, -0.2) is 0 Å². The molecule has 0 aliphatic heterocycles. The zero-order valence-corrected chi connectivity index (χ0v) is 8.38. The molecule has 0 saturated heterocycles. The second-order valence-electron chi connectivity index (χ2n) is 3.43. The third kappa shape index (κ3) is 1.75. The first kappa shape index (κ1) is 9.52. The number of alkyl halides is 1. The number of carbonyl (C=O) groups is 1. The van der Waals surface area contributed by atoms with Crippen molar-refractivity contribution >= 4 is 23.3 Å². The highest BCUT2D eigenvalue weighted by molar-refractivity contribution is 6.29. The zero-order chi connectivity index (χ0) is 9.97. The summed E-state index contributed by atoms with van der Waals surface area (Å²) in [6.07, 6.45) is 5.13. The number of halogens is 1. The van der Waals surface area contributed by atoms with Crippen molar-refractivity contribution in [3.63, 3.8) is 0 Å². The molecule has 1 aliphatic carbocycles. The van der Waals surface area contributed by atoms with E-state index in [9.17, 15) is 4.79 Å². The van der Waals surface area contributed by atoms with E-state index < -0.39 is 0 Å². The molecule has 0 spiro atoms. The molecule has 1 aliphatic rings. The lowest BCUT2D eigenvalue weighted by atomic mass is 9.81. The molecule has 0 radical (unpaired) electrons. The first-order valence-electron chi connectivity index (χ1n) is 4.61. The van der Waals surface area contributed by atoms with Crippen LogP contribution in [0.4, 0.5) is 5.82 Å². The maximum atomic E-state index is 11.0. The summed E-state index contributed by atoms with van der Waals surface area (Å²) in [5.74, 6) is 0.713. The van der Waals surface area contributed by atoms with Gasteiger partial charge in [0.25, 0.3) is 0 Å². The summed E-state index contributed by atoms with van der Waals surface area (Å²) in [4.78, 5) is 11.0. The van der Waals surface area contributed by atoms with Crippen LogP contribution in [0.1, 0.15) is 30.7 Å². The van der Waals surface area contributed by atoms with Crippen molar-refractivity contribution in [3.05, 3.63) is 11.8 Å². The lowest BCUT2D eigenvalue weighted by Gasteiger charge is -2.24.